The maximum Gasteiger partial charge on any atom is 0.166 e. The summed E-state index contributed by atoms with van der Waals surface area (Å²) in [6.07, 6.45) is 1.77. The molecule has 2 aromatic rings. The first-order valence-corrected chi connectivity index (χ1v) is 9.52. The number of carbonyl (C=O) groups is 1. The quantitative estimate of drug-likeness (QED) is 0.756. The molecule has 1 fully saturated rings. The van der Waals surface area contributed by atoms with Gasteiger partial charge in [-0.25, -0.2) is 0 Å². The summed E-state index contributed by atoms with van der Waals surface area (Å²) in [4.78, 5) is 15.3. The van der Waals surface area contributed by atoms with Crippen LogP contribution in [0.2, 0.25) is 0 Å². The first-order valence-electron chi connectivity index (χ1n) is 9.52. The van der Waals surface area contributed by atoms with Gasteiger partial charge in [0.2, 0.25) is 0 Å². The molecule has 0 saturated carbocycles. The minimum atomic E-state index is 0.0779. The number of nitrogens with zero attached hydrogens (tertiary/aromatic N) is 1. The monoisotopic (exact) mass is 367 g/mol. The number of rotatable bonds is 5. The zero-order valence-corrected chi connectivity index (χ0v) is 15.6. The van der Waals surface area contributed by atoms with E-state index in [2.05, 4.69) is 17.0 Å². The highest BCUT2D eigenvalue weighted by Crippen LogP contribution is 2.32. The van der Waals surface area contributed by atoms with Gasteiger partial charge in [0.25, 0.3) is 0 Å². The van der Waals surface area contributed by atoms with Crippen LogP contribution in [0.25, 0.3) is 0 Å². The van der Waals surface area contributed by atoms with Crippen molar-refractivity contribution in [3.8, 4) is 17.2 Å². The molecule has 0 N–H and O–H groups in total. The van der Waals surface area contributed by atoms with Crippen molar-refractivity contribution in [3.63, 3.8) is 0 Å². The summed E-state index contributed by atoms with van der Waals surface area (Å²) in [5.41, 5.74) is 1.97. The van der Waals surface area contributed by atoms with Gasteiger partial charge in [-0.05, 0) is 61.8 Å². The molecule has 142 valence electrons. The van der Waals surface area contributed by atoms with E-state index in [0.29, 0.717) is 19.0 Å². The van der Waals surface area contributed by atoms with E-state index < -0.39 is 0 Å². The fourth-order valence-corrected chi connectivity index (χ4v) is 3.81. The fourth-order valence-electron chi connectivity index (χ4n) is 3.81. The van der Waals surface area contributed by atoms with Crippen LogP contribution in [0.5, 0.6) is 17.2 Å². The normalized spacial score (nSPS) is 17.5. The highest BCUT2D eigenvalue weighted by Gasteiger charge is 2.27. The van der Waals surface area contributed by atoms with Gasteiger partial charge in [-0.2, -0.15) is 0 Å². The molecule has 2 aromatic carbocycles. The minimum Gasteiger partial charge on any atom is -0.497 e. The maximum absolute atomic E-state index is 12.9. The van der Waals surface area contributed by atoms with Crippen molar-refractivity contribution in [3.05, 3.63) is 53.6 Å². The number of hydrogen-bond acceptors (Lipinski definition) is 5. The number of benzene rings is 2. The summed E-state index contributed by atoms with van der Waals surface area (Å²) in [5.74, 6) is 2.59. The highest BCUT2D eigenvalue weighted by molar-refractivity contribution is 5.98. The van der Waals surface area contributed by atoms with Gasteiger partial charge in [0.1, 0.15) is 19.0 Å². The van der Waals surface area contributed by atoms with E-state index in [9.17, 15) is 4.79 Å². The van der Waals surface area contributed by atoms with Crippen LogP contribution in [0.1, 0.15) is 28.8 Å². The molecule has 0 atom stereocenters. The molecule has 0 aliphatic carbocycles. The van der Waals surface area contributed by atoms with Crippen LogP contribution in [0, 0.1) is 5.92 Å². The summed E-state index contributed by atoms with van der Waals surface area (Å²) in [6.45, 7) is 3.85. The molecule has 2 heterocycles. The maximum atomic E-state index is 12.9. The summed E-state index contributed by atoms with van der Waals surface area (Å²) < 4.78 is 16.4. The molecule has 0 bridgehead atoms. The average Bonchev–Trinajstić information content (AvgIpc) is 2.73. The van der Waals surface area contributed by atoms with E-state index in [1.165, 1.54) is 5.56 Å². The third-order valence-electron chi connectivity index (χ3n) is 5.33. The summed E-state index contributed by atoms with van der Waals surface area (Å²) >= 11 is 0. The van der Waals surface area contributed by atoms with Crippen LogP contribution in [-0.4, -0.2) is 44.1 Å². The van der Waals surface area contributed by atoms with Crippen molar-refractivity contribution in [2.75, 3.05) is 33.4 Å². The van der Waals surface area contributed by atoms with Crippen LogP contribution in [0.3, 0.4) is 0 Å². The van der Waals surface area contributed by atoms with E-state index >= 15 is 0 Å². The SMILES string of the molecule is COc1cccc(CN2CCC(C(=O)c3ccc4c(c3)OCCO4)CC2)c1. The zero-order valence-electron chi connectivity index (χ0n) is 15.6. The Hall–Kier alpha value is -2.53. The number of ether oxygens (including phenoxy) is 3. The lowest BCUT2D eigenvalue weighted by molar-refractivity contribution is 0.0833. The van der Waals surface area contributed by atoms with Crippen LogP contribution in [0.15, 0.2) is 42.5 Å². The van der Waals surface area contributed by atoms with Crippen molar-refractivity contribution < 1.29 is 19.0 Å². The second-order valence-electron chi connectivity index (χ2n) is 7.12. The first-order chi connectivity index (χ1) is 13.2. The van der Waals surface area contributed by atoms with Crippen molar-refractivity contribution in [1.82, 2.24) is 4.90 Å². The fraction of sp³-hybridized carbons (Fsp3) is 0.409. The molecular weight excluding hydrogens is 342 g/mol. The van der Waals surface area contributed by atoms with E-state index in [0.717, 1.165) is 49.5 Å². The third-order valence-corrected chi connectivity index (χ3v) is 5.33. The summed E-state index contributed by atoms with van der Waals surface area (Å²) in [5, 5.41) is 0. The van der Waals surface area contributed by atoms with Crippen molar-refractivity contribution in [1.29, 1.82) is 0 Å². The lowest BCUT2D eigenvalue weighted by Crippen LogP contribution is -2.36. The molecule has 0 unspecified atom stereocenters. The number of ketones is 1. The lowest BCUT2D eigenvalue weighted by Gasteiger charge is -2.31. The number of fused-ring (bicyclic) bond motifs is 1. The molecule has 5 heteroatoms. The van der Waals surface area contributed by atoms with Gasteiger partial charge < -0.3 is 14.2 Å². The van der Waals surface area contributed by atoms with Gasteiger partial charge in [-0.3, -0.25) is 9.69 Å². The van der Waals surface area contributed by atoms with Crippen LogP contribution in [0.4, 0.5) is 0 Å². The molecule has 2 aliphatic heterocycles. The molecule has 5 nitrogen and oxygen atoms in total. The molecule has 0 spiro atoms. The van der Waals surface area contributed by atoms with Gasteiger partial charge >= 0.3 is 0 Å². The van der Waals surface area contributed by atoms with Crippen molar-refractivity contribution >= 4 is 5.78 Å². The summed E-state index contributed by atoms with van der Waals surface area (Å²) in [7, 11) is 1.69. The van der Waals surface area contributed by atoms with Gasteiger partial charge in [0.05, 0.1) is 7.11 Å². The highest BCUT2D eigenvalue weighted by atomic mass is 16.6. The number of Topliss-reactive ketones (excluding diaryl/α,β-unsaturated/α-hetero) is 1. The smallest absolute Gasteiger partial charge is 0.166 e. The molecule has 0 radical (unpaired) electrons. The molecule has 0 amide bonds. The Labute approximate surface area is 159 Å². The predicted octanol–water partition coefficient (Wildman–Crippen LogP) is 3.56. The van der Waals surface area contributed by atoms with Gasteiger partial charge in [-0.1, -0.05) is 12.1 Å². The third kappa shape index (κ3) is 4.08. The Morgan fingerprint density at radius 2 is 1.85 bits per heavy atom. The molecule has 1 saturated heterocycles. The molecular formula is C22H25NO4. The second kappa shape index (κ2) is 8.01. The predicted molar refractivity (Wildman–Crippen MR) is 103 cm³/mol. The molecule has 4 rings (SSSR count). The Balaban J connectivity index is 1.35. The van der Waals surface area contributed by atoms with Gasteiger partial charge in [-0.15, -0.1) is 0 Å². The van der Waals surface area contributed by atoms with E-state index in [-0.39, 0.29) is 11.7 Å². The first kappa shape index (κ1) is 17.9. The van der Waals surface area contributed by atoms with Gasteiger partial charge in [0, 0.05) is 18.0 Å². The largest absolute Gasteiger partial charge is 0.497 e. The Bertz CT molecular complexity index is 812. The Morgan fingerprint density at radius 3 is 2.63 bits per heavy atom. The molecule has 27 heavy (non-hydrogen) atoms. The Morgan fingerprint density at radius 1 is 1.07 bits per heavy atom. The number of methoxy groups -OCH3 is 1. The number of hydrogen-bond donors (Lipinski definition) is 0. The zero-order chi connectivity index (χ0) is 18.6. The topological polar surface area (TPSA) is 48.0 Å². The van der Waals surface area contributed by atoms with Gasteiger partial charge in [0.15, 0.2) is 17.3 Å². The van der Waals surface area contributed by atoms with Crippen molar-refractivity contribution in [2.45, 2.75) is 19.4 Å². The van der Waals surface area contributed by atoms with E-state index in [1.807, 2.05) is 30.3 Å². The number of piperidine rings is 1. The minimum absolute atomic E-state index is 0.0779. The second-order valence-corrected chi connectivity index (χ2v) is 7.12. The van der Waals surface area contributed by atoms with Crippen LogP contribution in [-0.2, 0) is 6.54 Å². The average molecular weight is 367 g/mol. The van der Waals surface area contributed by atoms with E-state index in [1.54, 1.807) is 7.11 Å². The van der Waals surface area contributed by atoms with Crippen LogP contribution >= 0.6 is 0 Å². The summed E-state index contributed by atoms with van der Waals surface area (Å²) in [6, 6.07) is 13.7. The van der Waals surface area contributed by atoms with Crippen LogP contribution < -0.4 is 14.2 Å². The Kier molecular flexibility index (Phi) is 5.30. The standard InChI is InChI=1S/C22H25NO4/c1-25-19-4-2-3-16(13-19)15-23-9-7-17(8-10-23)22(24)18-5-6-20-21(14-18)27-12-11-26-20/h2-6,13-14,17H,7-12,15H2,1H3. The molecule has 2 aliphatic rings. The molecule has 0 aromatic heterocycles. The van der Waals surface area contributed by atoms with E-state index in [4.69, 9.17) is 14.2 Å². The number of likely N-dealkylation sites (tertiary alicyclic amines) is 1. The van der Waals surface area contributed by atoms with Crippen molar-refractivity contribution in [2.24, 2.45) is 5.92 Å². The lowest BCUT2D eigenvalue weighted by atomic mass is 9.88. The number of carbonyl (C=O) groups excluding carboxylic acids is 1.